The maximum atomic E-state index is 15.0. The van der Waals surface area contributed by atoms with Crippen LogP contribution in [0.15, 0.2) is 41.3 Å². The molecule has 0 saturated carbocycles. The number of carbonyl (C=O) groups excluding carboxylic acids is 1. The summed E-state index contributed by atoms with van der Waals surface area (Å²) in [6, 6.07) is 3.78. The van der Waals surface area contributed by atoms with E-state index in [1.165, 1.54) is 31.2 Å². The second-order valence-corrected chi connectivity index (χ2v) is 8.56. The summed E-state index contributed by atoms with van der Waals surface area (Å²) < 4.78 is 93.8. The zero-order valence-electron chi connectivity index (χ0n) is 21.9. The maximum absolute atomic E-state index is 15.0. The van der Waals surface area contributed by atoms with Gasteiger partial charge < -0.3 is 30.0 Å². The molecule has 1 aliphatic rings. The van der Waals surface area contributed by atoms with Gasteiger partial charge in [-0.05, 0) is 24.6 Å². The molecule has 1 aliphatic heterocycles. The molecule has 0 saturated heterocycles. The Bertz CT molecular complexity index is 1340. The molecule has 15 heteroatoms. The predicted octanol–water partition coefficient (Wildman–Crippen LogP) is 3.63. The number of hydrogen-bond donors (Lipinski definition) is 2. The summed E-state index contributed by atoms with van der Waals surface area (Å²) in [5.74, 6) is -12.8. The first-order chi connectivity index (χ1) is 19.5. The molecule has 2 aromatic carbocycles. The van der Waals surface area contributed by atoms with Crippen molar-refractivity contribution in [1.82, 2.24) is 5.32 Å². The van der Waals surface area contributed by atoms with E-state index in [0.29, 0.717) is 5.56 Å². The van der Waals surface area contributed by atoms with E-state index >= 15 is 8.78 Å². The number of benzene rings is 2. The van der Waals surface area contributed by atoms with Gasteiger partial charge in [-0.25, -0.2) is 26.7 Å². The summed E-state index contributed by atoms with van der Waals surface area (Å²) in [7, 11) is 1.08. The number of esters is 1. The lowest BCUT2D eigenvalue weighted by Crippen LogP contribution is -2.42. The molecule has 3 N–H and O–H groups in total. The van der Waals surface area contributed by atoms with Crippen molar-refractivity contribution in [3.05, 3.63) is 91.6 Å². The lowest BCUT2D eigenvalue weighted by Gasteiger charge is -2.31. The monoisotopic (exact) mass is 587 g/mol. The van der Waals surface area contributed by atoms with Crippen molar-refractivity contribution in [1.29, 1.82) is 0 Å². The van der Waals surface area contributed by atoms with Crippen LogP contribution in [0.1, 0.15) is 18.1 Å². The molecular weight excluding hydrogens is 561 g/mol. The Morgan fingerprint density at radius 3 is 2.12 bits per heavy atom. The quantitative estimate of drug-likeness (QED) is 0.0685. The van der Waals surface area contributed by atoms with Crippen molar-refractivity contribution in [2.45, 2.75) is 19.6 Å². The van der Waals surface area contributed by atoms with Crippen LogP contribution < -0.4 is 11.1 Å². The van der Waals surface area contributed by atoms with Crippen LogP contribution in [0.4, 0.5) is 27.6 Å². The normalized spacial score (nSPS) is 15.2. The van der Waals surface area contributed by atoms with Crippen LogP contribution in [0, 0.1) is 39.2 Å². The SMILES string of the molecule is COC1=C(C)NC(COCCOCCN)C(C(=O)OCc2ccc([N+](=O)[O-])cc2)=C1c1c(F)c(F)c(F)c(F)c1F. The largest absolute Gasteiger partial charge is 0.494 e. The number of nitrogens with one attached hydrogen (secondary N) is 1. The van der Waals surface area contributed by atoms with Crippen LogP contribution in [0.5, 0.6) is 0 Å². The number of hydrogen-bond acceptors (Lipinski definition) is 9. The number of methoxy groups -OCH3 is 1. The maximum Gasteiger partial charge on any atom is 0.337 e. The summed E-state index contributed by atoms with van der Waals surface area (Å²) in [5, 5.41) is 13.8. The van der Waals surface area contributed by atoms with Gasteiger partial charge in [0, 0.05) is 24.3 Å². The summed E-state index contributed by atoms with van der Waals surface area (Å²) in [5.41, 5.74) is 2.90. The lowest BCUT2D eigenvalue weighted by molar-refractivity contribution is -0.384. The Balaban J connectivity index is 2.09. The van der Waals surface area contributed by atoms with Crippen molar-refractivity contribution in [3.8, 4) is 0 Å². The van der Waals surface area contributed by atoms with Crippen molar-refractivity contribution in [2.75, 3.05) is 40.1 Å². The van der Waals surface area contributed by atoms with E-state index in [1.54, 1.807) is 0 Å². The van der Waals surface area contributed by atoms with Crippen molar-refractivity contribution >= 4 is 17.2 Å². The molecule has 0 bridgehead atoms. The van der Waals surface area contributed by atoms with E-state index in [-0.39, 0.29) is 50.1 Å². The number of halogens is 5. The minimum Gasteiger partial charge on any atom is -0.494 e. The first-order valence-electron chi connectivity index (χ1n) is 12.1. The molecule has 2 aromatic rings. The number of nitro groups is 1. The Kier molecular flexibility index (Phi) is 10.7. The van der Waals surface area contributed by atoms with E-state index in [9.17, 15) is 28.1 Å². The summed E-state index contributed by atoms with van der Waals surface area (Å²) >= 11 is 0. The van der Waals surface area contributed by atoms with E-state index < -0.39 is 69.3 Å². The third-order valence-corrected chi connectivity index (χ3v) is 5.90. The number of nitrogens with zero attached hydrogens (tertiary/aromatic N) is 1. The topological polar surface area (TPSA) is 135 Å². The number of rotatable bonds is 13. The van der Waals surface area contributed by atoms with Gasteiger partial charge in [0.25, 0.3) is 5.69 Å². The molecule has 0 radical (unpaired) electrons. The summed E-state index contributed by atoms with van der Waals surface area (Å²) in [4.78, 5) is 23.7. The average molecular weight is 587 g/mol. The van der Waals surface area contributed by atoms with Gasteiger partial charge in [0.05, 0.1) is 61.3 Å². The highest BCUT2D eigenvalue weighted by Gasteiger charge is 2.39. The minimum absolute atomic E-state index is 0.0149. The second kappa shape index (κ2) is 14.0. The highest BCUT2D eigenvalue weighted by atomic mass is 19.2. The molecule has 3 rings (SSSR count). The number of non-ortho nitro benzene ring substituents is 1. The molecular formula is C26H26F5N3O7. The zero-order valence-corrected chi connectivity index (χ0v) is 21.9. The van der Waals surface area contributed by atoms with E-state index in [4.69, 9.17) is 24.7 Å². The molecule has 41 heavy (non-hydrogen) atoms. The van der Waals surface area contributed by atoms with Gasteiger partial charge in [0.1, 0.15) is 12.4 Å². The van der Waals surface area contributed by atoms with Crippen LogP contribution in [0.3, 0.4) is 0 Å². The van der Waals surface area contributed by atoms with Crippen LogP contribution in [0.25, 0.3) is 5.57 Å². The fourth-order valence-corrected chi connectivity index (χ4v) is 4.03. The number of ether oxygens (including phenoxy) is 4. The van der Waals surface area contributed by atoms with Gasteiger partial charge in [-0.1, -0.05) is 0 Å². The van der Waals surface area contributed by atoms with E-state index in [1.807, 2.05) is 0 Å². The van der Waals surface area contributed by atoms with Crippen molar-refractivity contribution in [2.24, 2.45) is 5.73 Å². The third kappa shape index (κ3) is 6.99. The molecule has 1 atom stereocenters. The number of allylic oxidation sites excluding steroid dienone is 2. The summed E-state index contributed by atoms with van der Waals surface area (Å²) in [6.07, 6.45) is 0. The molecule has 10 nitrogen and oxygen atoms in total. The van der Waals surface area contributed by atoms with E-state index in [2.05, 4.69) is 5.32 Å². The van der Waals surface area contributed by atoms with Crippen LogP contribution >= 0.6 is 0 Å². The molecule has 0 aromatic heterocycles. The van der Waals surface area contributed by atoms with Crippen LogP contribution in [-0.2, 0) is 30.3 Å². The van der Waals surface area contributed by atoms with Gasteiger partial charge in [-0.3, -0.25) is 10.1 Å². The van der Waals surface area contributed by atoms with Crippen molar-refractivity contribution < 1.29 is 50.6 Å². The first-order valence-corrected chi connectivity index (χ1v) is 12.1. The molecule has 1 heterocycles. The number of dihydropyridines is 1. The Morgan fingerprint density at radius 2 is 1.56 bits per heavy atom. The number of carbonyl (C=O) groups is 1. The first kappa shape index (κ1) is 31.4. The highest BCUT2D eigenvalue weighted by Crippen LogP contribution is 2.39. The molecule has 1 unspecified atom stereocenters. The fourth-order valence-electron chi connectivity index (χ4n) is 4.03. The predicted molar refractivity (Wildman–Crippen MR) is 133 cm³/mol. The highest BCUT2D eigenvalue weighted by molar-refractivity contribution is 6.03. The van der Waals surface area contributed by atoms with Crippen molar-refractivity contribution in [3.63, 3.8) is 0 Å². The van der Waals surface area contributed by atoms with E-state index in [0.717, 1.165) is 7.11 Å². The molecule has 0 amide bonds. The minimum atomic E-state index is -2.38. The van der Waals surface area contributed by atoms with Gasteiger partial charge >= 0.3 is 5.97 Å². The molecule has 0 aliphatic carbocycles. The third-order valence-electron chi connectivity index (χ3n) is 5.90. The molecule has 0 fully saturated rings. The smallest absolute Gasteiger partial charge is 0.337 e. The Labute approximate surface area is 230 Å². The fraction of sp³-hybridized carbons (Fsp3) is 0.346. The van der Waals surface area contributed by atoms with Crippen LogP contribution in [0.2, 0.25) is 0 Å². The van der Waals surface area contributed by atoms with Gasteiger partial charge in [0.2, 0.25) is 5.82 Å². The molecule has 222 valence electrons. The lowest BCUT2D eigenvalue weighted by atomic mass is 9.88. The zero-order chi connectivity index (χ0) is 30.3. The molecule has 0 spiro atoms. The Morgan fingerprint density at radius 1 is 0.976 bits per heavy atom. The standard InChI is InChI=1S/C26H26F5N3O7/c1-13-25(38-2)18(19-20(27)22(29)24(31)23(30)21(19)28)17(16(33-13)12-40-10-9-39-8-7-32)26(35)41-11-14-3-5-15(6-4-14)34(36)37/h3-6,16,33H,7-12,32H2,1-2H3. The van der Waals surface area contributed by atoms with Gasteiger partial charge in [-0.15, -0.1) is 0 Å². The number of nitro benzene ring substituents is 1. The van der Waals surface area contributed by atoms with Gasteiger partial charge in [-0.2, -0.15) is 0 Å². The second-order valence-electron chi connectivity index (χ2n) is 8.56. The summed E-state index contributed by atoms with van der Waals surface area (Å²) in [6.45, 7) is 1.30. The van der Waals surface area contributed by atoms with Crippen LogP contribution in [-0.4, -0.2) is 57.0 Å². The Hall–Kier alpha value is -4.08. The van der Waals surface area contributed by atoms with Gasteiger partial charge in [0.15, 0.2) is 23.3 Å². The average Bonchev–Trinajstić information content (AvgIpc) is 2.96. The number of nitrogens with two attached hydrogens (primary N) is 1.